The van der Waals surface area contributed by atoms with Crippen molar-refractivity contribution in [2.24, 2.45) is 5.41 Å². The molecule has 1 N–H and O–H groups in total. The lowest BCUT2D eigenvalue weighted by atomic mass is 9.70. The van der Waals surface area contributed by atoms with Crippen LogP contribution < -0.4 is 9.47 Å². The Kier molecular flexibility index (Phi) is 6.37. The zero-order chi connectivity index (χ0) is 24.3. The van der Waals surface area contributed by atoms with E-state index in [0.717, 1.165) is 41.7 Å². The first-order valence-electron chi connectivity index (χ1n) is 11.5. The number of ether oxygens (including phenoxy) is 3. The number of methoxy groups -OCH3 is 1. The number of furan rings is 1. The van der Waals surface area contributed by atoms with Gasteiger partial charge in [0.15, 0.2) is 0 Å². The van der Waals surface area contributed by atoms with Gasteiger partial charge in [-0.3, -0.25) is 0 Å². The molecule has 0 radical (unpaired) electrons. The van der Waals surface area contributed by atoms with E-state index in [1.807, 2.05) is 54.6 Å². The van der Waals surface area contributed by atoms with Gasteiger partial charge in [-0.15, -0.1) is 0 Å². The van der Waals surface area contributed by atoms with E-state index in [2.05, 4.69) is 9.97 Å². The molecule has 4 aromatic rings. The Morgan fingerprint density at radius 2 is 1.80 bits per heavy atom. The van der Waals surface area contributed by atoms with Crippen molar-refractivity contribution >= 4 is 17.1 Å². The highest BCUT2D eigenvalue weighted by molar-refractivity contribution is 6.03. The van der Waals surface area contributed by atoms with Gasteiger partial charge in [-0.1, -0.05) is 48.9 Å². The van der Waals surface area contributed by atoms with E-state index in [1.165, 1.54) is 6.33 Å². The molecule has 35 heavy (non-hydrogen) atoms. The van der Waals surface area contributed by atoms with Crippen LogP contribution in [0.5, 0.6) is 11.6 Å². The molecule has 2 heterocycles. The van der Waals surface area contributed by atoms with Crippen LogP contribution in [0.25, 0.3) is 33.6 Å². The lowest BCUT2D eigenvalue weighted by molar-refractivity contribution is -0.145. The van der Waals surface area contributed by atoms with Gasteiger partial charge in [0.25, 0.3) is 0 Å². The van der Waals surface area contributed by atoms with Crippen molar-refractivity contribution < 1.29 is 28.5 Å². The molecule has 1 aliphatic rings. The van der Waals surface area contributed by atoms with Crippen molar-refractivity contribution in [2.75, 3.05) is 26.9 Å². The van der Waals surface area contributed by atoms with Gasteiger partial charge in [0.2, 0.25) is 11.6 Å². The number of aromatic nitrogens is 2. The summed E-state index contributed by atoms with van der Waals surface area (Å²) in [6, 6.07) is 17.6. The normalized spacial score (nSPS) is 14.4. The standard InChI is InChI=1S/C27H26N2O6/c1-32-20-10-8-18(9-11-20)22-23-25(34-16-27(12-5-13-27)15-33-14-21(30)31)28-17-29-26(23)35-24(22)19-6-3-2-4-7-19/h2-4,6-11,17H,5,12-16H2,1H3,(H,30,31). The number of nitrogens with zero attached hydrogens (tertiary/aromatic N) is 2. The van der Waals surface area contributed by atoms with Crippen LogP contribution in [0, 0.1) is 5.41 Å². The second-order valence-corrected chi connectivity index (χ2v) is 8.79. The molecular formula is C27H26N2O6. The number of carboxylic acid groups (broad SMARTS) is 1. The Bertz CT molecular complexity index is 1310. The van der Waals surface area contributed by atoms with E-state index in [9.17, 15) is 4.79 Å². The number of fused-ring (bicyclic) bond motifs is 1. The minimum absolute atomic E-state index is 0.223. The summed E-state index contributed by atoms with van der Waals surface area (Å²) in [6.45, 7) is 0.384. The molecule has 1 saturated carbocycles. The number of benzene rings is 2. The molecular weight excluding hydrogens is 448 g/mol. The van der Waals surface area contributed by atoms with Crippen molar-refractivity contribution in [1.29, 1.82) is 0 Å². The second kappa shape index (κ2) is 9.76. The molecule has 8 heteroatoms. The molecule has 1 aliphatic carbocycles. The lowest BCUT2D eigenvalue weighted by Gasteiger charge is -2.40. The van der Waals surface area contributed by atoms with E-state index < -0.39 is 5.97 Å². The molecule has 0 amide bonds. The van der Waals surface area contributed by atoms with Crippen LogP contribution in [0.3, 0.4) is 0 Å². The lowest BCUT2D eigenvalue weighted by Crippen LogP contribution is -2.40. The molecule has 1 fully saturated rings. The zero-order valence-electron chi connectivity index (χ0n) is 19.4. The predicted octanol–water partition coefficient (Wildman–Crippen LogP) is 5.22. The van der Waals surface area contributed by atoms with E-state index in [1.54, 1.807) is 7.11 Å². The van der Waals surface area contributed by atoms with Crippen LogP contribution in [0.2, 0.25) is 0 Å². The van der Waals surface area contributed by atoms with Crippen LogP contribution >= 0.6 is 0 Å². The maximum atomic E-state index is 10.9. The Balaban J connectivity index is 1.54. The molecule has 0 atom stereocenters. The second-order valence-electron chi connectivity index (χ2n) is 8.79. The number of hydrogen-bond donors (Lipinski definition) is 1. The molecule has 0 unspecified atom stereocenters. The third-order valence-corrected chi connectivity index (χ3v) is 6.43. The minimum atomic E-state index is -0.978. The number of carboxylic acids is 1. The molecule has 2 aromatic heterocycles. The summed E-state index contributed by atoms with van der Waals surface area (Å²) in [4.78, 5) is 19.7. The highest BCUT2D eigenvalue weighted by Gasteiger charge is 2.39. The topological polar surface area (TPSA) is 104 Å². The number of rotatable bonds is 10. The van der Waals surface area contributed by atoms with Gasteiger partial charge in [0.1, 0.15) is 29.8 Å². The zero-order valence-corrected chi connectivity index (χ0v) is 19.4. The van der Waals surface area contributed by atoms with Crippen molar-refractivity contribution in [2.45, 2.75) is 19.3 Å². The van der Waals surface area contributed by atoms with Gasteiger partial charge in [0.05, 0.1) is 20.3 Å². The first kappa shape index (κ1) is 22.9. The average Bonchev–Trinajstić information content (AvgIpc) is 3.26. The Morgan fingerprint density at radius 3 is 2.46 bits per heavy atom. The van der Waals surface area contributed by atoms with Crippen molar-refractivity contribution in [3.63, 3.8) is 0 Å². The van der Waals surface area contributed by atoms with Crippen molar-refractivity contribution in [3.8, 4) is 34.1 Å². The molecule has 0 saturated heterocycles. The Morgan fingerprint density at radius 1 is 1.03 bits per heavy atom. The third-order valence-electron chi connectivity index (χ3n) is 6.43. The smallest absolute Gasteiger partial charge is 0.329 e. The van der Waals surface area contributed by atoms with Gasteiger partial charge in [0, 0.05) is 16.5 Å². The minimum Gasteiger partial charge on any atom is -0.497 e. The van der Waals surface area contributed by atoms with Gasteiger partial charge in [-0.05, 0) is 30.5 Å². The van der Waals surface area contributed by atoms with Gasteiger partial charge >= 0.3 is 5.97 Å². The predicted molar refractivity (Wildman–Crippen MR) is 129 cm³/mol. The first-order chi connectivity index (χ1) is 17.1. The summed E-state index contributed by atoms with van der Waals surface area (Å²) < 4.78 is 23.3. The fourth-order valence-electron chi connectivity index (χ4n) is 4.43. The molecule has 2 aromatic carbocycles. The molecule has 0 bridgehead atoms. The van der Waals surface area contributed by atoms with Gasteiger partial charge in [-0.2, -0.15) is 0 Å². The van der Waals surface area contributed by atoms with Gasteiger partial charge in [-0.25, -0.2) is 14.8 Å². The average molecular weight is 475 g/mol. The molecule has 8 nitrogen and oxygen atoms in total. The first-order valence-corrected chi connectivity index (χ1v) is 11.5. The summed E-state index contributed by atoms with van der Waals surface area (Å²) in [6.07, 6.45) is 4.31. The van der Waals surface area contributed by atoms with Gasteiger partial charge < -0.3 is 23.7 Å². The van der Waals surface area contributed by atoms with E-state index >= 15 is 0 Å². The maximum absolute atomic E-state index is 10.9. The maximum Gasteiger partial charge on any atom is 0.329 e. The van der Waals surface area contributed by atoms with Crippen LogP contribution in [0.1, 0.15) is 19.3 Å². The van der Waals surface area contributed by atoms with Crippen LogP contribution in [-0.4, -0.2) is 48.0 Å². The third kappa shape index (κ3) is 4.70. The monoisotopic (exact) mass is 474 g/mol. The summed E-state index contributed by atoms with van der Waals surface area (Å²) >= 11 is 0. The SMILES string of the molecule is COc1ccc(-c2c(-c3ccccc3)oc3ncnc(OCC4(COCC(=O)O)CCC4)c23)cc1. The van der Waals surface area contributed by atoms with Crippen LogP contribution in [0.15, 0.2) is 65.3 Å². The molecule has 0 spiro atoms. The summed E-state index contributed by atoms with van der Waals surface area (Å²) in [5, 5.41) is 9.60. The number of aliphatic carboxylic acids is 1. The highest BCUT2D eigenvalue weighted by Crippen LogP contribution is 2.45. The summed E-state index contributed by atoms with van der Waals surface area (Å²) in [5.74, 6) is 0.883. The molecule has 180 valence electrons. The van der Waals surface area contributed by atoms with E-state index in [0.29, 0.717) is 36.0 Å². The summed E-state index contributed by atoms with van der Waals surface area (Å²) in [7, 11) is 1.63. The molecule has 5 rings (SSSR count). The van der Waals surface area contributed by atoms with E-state index in [4.69, 9.17) is 23.7 Å². The Hall–Kier alpha value is -3.91. The largest absolute Gasteiger partial charge is 0.497 e. The van der Waals surface area contributed by atoms with Crippen LogP contribution in [-0.2, 0) is 9.53 Å². The number of hydrogen-bond acceptors (Lipinski definition) is 7. The quantitative estimate of drug-likeness (QED) is 0.334. The van der Waals surface area contributed by atoms with Crippen LogP contribution in [0.4, 0.5) is 0 Å². The number of carbonyl (C=O) groups is 1. The van der Waals surface area contributed by atoms with Crippen molar-refractivity contribution in [1.82, 2.24) is 9.97 Å². The summed E-state index contributed by atoms with van der Waals surface area (Å²) in [5.41, 5.74) is 2.89. The molecule has 0 aliphatic heterocycles. The van der Waals surface area contributed by atoms with E-state index in [-0.39, 0.29) is 12.0 Å². The fourth-order valence-corrected chi connectivity index (χ4v) is 4.43. The Labute approximate surface area is 202 Å². The van der Waals surface area contributed by atoms with Crippen molar-refractivity contribution in [3.05, 3.63) is 60.9 Å². The fraction of sp³-hybridized carbons (Fsp3) is 0.296. The highest BCUT2D eigenvalue weighted by atomic mass is 16.5.